The predicted molar refractivity (Wildman–Crippen MR) is 109 cm³/mol. The standard InChI is InChI=1S/C21H14F3N3O3S/c22-21(23,24)20-25-19(26-30-20)12-7-14-5-10-18(11-6-14)31(28,29)27-17-9-8-15-3-1-2-4-16(15)13-17/h1-13,27H. The van der Waals surface area contributed by atoms with Crippen molar-refractivity contribution >= 4 is 38.6 Å². The van der Waals surface area contributed by atoms with Crippen LogP contribution < -0.4 is 4.72 Å². The first kappa shape index (κ1) is 20.6. The van der Waals surface area contributed by atoms with E-state index in [1.165, 1.54) is 36.4 Å². The molecule has 0 aliphatic heterocycles. The Morgan fingerprint density at radius 1 is 0.903 bits per heavy atom. The van der Waals surface area contributed by atoms with Crippen LogP contribution in [0.1, 0.15) is 17.3 Å². The number of benzene rings is 3. The van der Waals surface area contributed by atoms with E-state index in [2.05, 4.69) is 19.4 Å². The van der Waals surface area contributed by atoms with Gasteiger partial charge in [0.25, 0.3) is 10.0 Å². The van der Waals surface area contributed by atoms with Crippen molar-refractivity contribution in [3.8, 4) is 0 Å². The first-order valence-electron chi connectivity index (χ1n) is 8.91. The zero-order valence-electron chi connectivity index (χ0n) is 15.7. The summed E-state index contributed by atoms with van der Waals surface area (Å²) in [5, 5.41) is 5.12. The van der Waals surface area contributed by atoms with Gasteiger partial charge in [-0.2, -0.15) is 18.2 Å². The summed E-state index contributed by atoms with van der Waals surface area (Å²) in [6.07, 6.45) is -2.04. The highest BCUT2D eigenvalue weighted by atomic mass is 32.2. The number of halogens is 3. The zero-order valence-corrected chi connectivity index (χ0v) is 16.5. The molecule has 0 saturated heterocycles. The average molecular weight is 445 g/mol. The van der Waals surface area contributed by atoms with Crippen LogP contribution in [-0.4, -0.2) is 18.6 Å². The fraction of sp³-hybridized carbons (Fsp3) is 0.0476. The Morgan fingerprint density at radius 3 is 2.29 bits per heavy atom. The third-order valence-corrected chi connectivity index (χ3v) is 5.70. The number of aromatic nitrogens is 2. The topological polar surface area (TPSA) is 85.1 Å². The van der Waals surface area contributed by atoms with Gasteiger partial charge in [-0.15, -0.1) is 0 Å². The van der Waals surface area contributed by atoms with Crippen molar-refractivity contribution in [3.63, 3.8) is 0 Å². The van der Waals surface area contributed by atoms with Crippen molar-refractivity contribution < 1.29 is 26.1 Å². The molecule has 158 valence electrons. The number of anilines is 1. The van der Waals surface area contributed by atoms with Crippen molar-refractivity contribution in [3.05, 3.63) is 84.0 Å². The van der Waals surface area contributed by atoms with Crippen molar-refractivity contribution in [2.24, 2.45) is 0 Å². The highest BCUT2D eigenvalue weighted by molar-refractivity contribution is 7.92. The molecule has 0 unspecified atom stereocenters. The number of hydrogen-bond acceptors (Lipinski definition) is 5. The molecule has 0 aliphatic rings. The number of alkyl halides is 3. The number of hydrogen-bond donors (Lipinski definition) is 1. The molecule has 0 spiro atoms. The molecule has 0 atom stereocenters. The van der Waals surface area contributed by atoms with Gasteiger partial charge in [0.05, 0.1) is 4.90 Å². The van der Waals surface area contributed by atoms with Crippen molar-refractivity contribution in [1.82, 2.24) is 10.1 Å². The summed E-state index contributed by atoms with van der Waals surface area (Å²) in [5.74, 6) is -1.68. The number of fused-ring (bicyclic) bond motifs is 1. The maximum absolute atomic E-state index is 12.7. The lowest BCUT2D eigenvalue weighted by Crippen LogP contribution is -2.12. The van der Waals surface area contributed by atoms with E-state index in [1.54, 1.807) is 12.1 Å². The Morgan fingerprint density at radius 2 is 1.61 bits per heavy atom. The molecular weight excluding hydrogens is 431 g/mol. The van der Waals surface area contributed by atoms with Crippen molar-refractivity contribution in [2.45, 2.75) is 11.1 Å². The van der Waals surface area contributed by atoms with Crippen LogP contribution in [0.4, 0.5) is 18.9 Å². The molecule has 10 heteroatoms. The molecule has 0 bridgehead atoms. The molecule has 31 heavy (non-hydrogen) atoms. The van der Waals surface area contributed by atoms with Gasteiger partial charge in [0.15, 0.2) is 5.82 Å². The van der Waals surface area contributed by atoms with E-state index < -0.39 is 22.1 Å². The third kappa shape index (κ3) is 4.75. The number of nitrogens with one attached hydrogen (secondary N) is 1. The lowest BCUT2D eigenvalue weighted by molar-refractivity contribution is -0.159. The van der Waals surface area contributed by atoms with Gasteiger partial charge < -0.3 is 4.52 Å². The second-order valence-corrected chi connectivity index (χ2v) is 8.21. The van der Waals surface area contributed by atoms with Gasteiger partial charge >= 0.3 is 12.1 Å². The van der Waals surface area contributed by atoms with Gasteiger partial charge in [-0.1, -0.05) is 53.7 Å². The Labute approximate surface area is 175 Å². The fourth-order valence-corrected chi connectivity index (χ4v) is 3.86. The lowest BCUT2D eigenvalue weighted by atomic mass is 10.1. The van der Waals surface area contributed by atoms with Crippen LogP contribution in [0.15, 0.2) is 76.1 Å². The summed E-state index contributed by atoms with van der Waals surface area (Å²) in [6, 6.07) is 18.6. The minimum absolute atomic E-state index is 0.0386. The zero-order chi connectivity index (χ0) is 22.1. The monoisotopic (exact) mass is 445 g/mol. The smallest absolute Gasteiger partial charge is 0.329 e. The van der Waals surface area contributed by atoms with Crippen molar-refractivity contribution in [2.75, 3.05) is 4.72 Å². The summed E-state index contributed by atoms with van der Waals surface area (Å²) in [7, 11) is -3.82. The molecule has 0 fully saturated rings. The maximum atomic E-state index is 12.7. The first-order chi connectivity index (χ1) is 14.7. The fourth-order valence-electron chi connectivity index (χ4n) is 2.81. The average Bonchev–Trinajstić information content (AvgIpc) is 3.22. The number of sulfonamides is 1. The summed E-state index contributed by atoms with van der Waals surface area (Å²) in [4.78, 5) is 3.26. The van der Waals surface area contributed by atoms with E-state index in [-0.39, 0.29) is 10.7 Å². The second-order valence-electron chi connectivity index (χ2n) is 6.53. The van der Waals surface area contributed by atoms with E-state index in [4.69, 9.17) is 0 Å². The Hall–Kier alpha value is -3.66. The molecule has 0 saturated carbocycles. The van der Waals surface area contributed by atoms with Gasteiger partial charge in [0.2, 0.25) is 0 Å². The summed E-state index contributed by atoms with van der Waals surface area (Å²) in [5.41, 5.74) is 0.975. The normalized spacial score (nSPS) is 12.5. The van der Waals surface area contributed by atoms with Gasteiger partial charge in [-0.25, -0.2) is 8.42 Å². The van der Waals surface area contributed by atoms with Crippen LogP contribution in [0, 0.1) is 0 Å². The van der Waals surface area contributed by atoms with E-state index in [0.717, 1.165) is 10.8 Å². The molecule has 0 aliphatic carbocycles. The van der Waals surface area contributed by atoms with E-state index >= 15 is 0 Å². The van der Waals surface area contributed by atoms with Gasteiger partial charge in [0.1, 0.15) is 0 Å². The highest BCUT2D eigenvalue weighted by Gasteiger charge is 2.38. The molecule has 1 aromatic heterocycles. The summed E-state index contributed by atoms with van der Waals surface area (Å²) >= 11 is 0. The molecule has 4 rings (SSSR count). The molecule has 6 nitrogen and oxygen atoms in total. The summed E-state index contributed by atoms with van der Waals surface area (Å²) < 4.78 is 69.4. The molecule has 1 N–H and O–H groups in total. The van der Waals surface area contributed by atoms with Gasteiger partial charge in [0, 0.05) is 5.69 Å². The maximum Gasteiger partial charge on any atom is 0.471 e. The van der Waals surface area contributed by atoms with Crippen LogP contribution in [0.3, 0.4) is 0 Å². The lowest BCUT2D eigenvalue weighted by Gasteiger charge is -2.09. The highest BCUT2D eigenvalue weighted by Crippen LogP contribution is 2.27. The molecule has 4 aromatic rings. The third-order valence-electron chi connectivity index (χ3n) is 4.30. The van der Waals surface area contributed by atoms with Crippen LogP contribution in [0.25, 0.3) is 22.9 Å². The summed E-state index contributed by atoms with van der Waals surface area (Å²) in [6.45, 7) is 0. The van der Waals surface area contributed by atoms with Crippen LogP contribution in [-0.2, 0) is 16.2 Å². The minimum Gasteiger partial charge on any atom is -0.329 e. The first-order valence-corrected chi connectivity index (χ1v) is 10.4. The van der Waals surface area contributed by atoms with Gasteiger partial charge in [-0.05, 0) is 46.7 Å². The van der Waals surface area contributed by atoms with E-state index in [0.29, 0.717) is 11.3 Å². The largest absolute Gasteiger partial charge is 0.471 e. The van der Waals surface area contributed by atoms with Crippen LogP contribution >= 0.6 is 0 Å². The number of nitrogens with zero attached hydrogens (tertiary/aromatic N) is 2. The molecule has 0 radical (unpaired) electrons. The Balaban J connectivity index is 1.49. The van der Waals surface area contributed by atoms with E-state index in [9.17, 15) is 21.6 Å². The van der Waals surface area contributed by atoms with Gasteiger partial charge in [-0.3, -0.25) is 4.72 Å². The second kappa shape index (κ2) is 7.88. The number of rotatable bonds is 5. The molecule has 3 aromatic carbocycles. The predicted octanol–water partition coefficient (Wildman–Crippen LogP) is 5.21. The van der Waals surface area contributed by atoms with Crippen LogP contribution in [0.5, 0.6) is 0 Å². The van der Waals surface area contributed by atoms with Crippen molar-refractivity contribution in [1.29, 1.82) is 0 Å². The Kier molecular flexibility index (Phi) is 5.24. The minimum atomic E-state index is -4.72. The quantitative estimate of drug-likeness (QED) is 0.456. The Bertz CT molecular complexity index is 1360. The molecule has 0 amide bonds. The molecule has 1 heterocycles. The van der Waals surface area contributed by atoms with E-state index in [1.807, 2.05) is 30.3 Å². The van der Waals surface area contributed by atoms with Crippen LogP contribution in [0.2, 0.25) is 0 Å². The SMILES string of the molecule is O=S(=O)(Nc1ccc2ccccc2c1)c1ccc(C=Cc2noc(C(F)(F)F)n2)cc1. The molecular formula is C21H14F3N3O3S.